The number of methoxy groups -OCH3 is 1. The number of nitrogens with zero attached hydrogens (tertiary/aromatic N) is 1. The van der Waals surface area contributed by atoms with Crippen LogP contribution in [-0.4, -0.2) is 55.9 Å². The maximum absolute atomic E-state index is 11.9. The number of hydrogen-bond acceptors (Lipinski definition) is 4. The second kappa shape index (κ2) is 7.87. The number of likely N-dealkylation sites (N-methyl/N-ethyl adjacent to an activating group) is 1. The van der Waals surface area contributed by atoms with Gasteiger partial charge in [0.15, 0.2) is 6.61 Å². The van der Waals surface area contributed by atoms with E-state index >= 15 is 0 Å². The molecule has 5 nitrogen and oxygen atoms in total. The number of carbonyl (C=O) groups is 1. The average Bonchev–Trinajstić information content (AvgIpc) is 2.40. The second-order valence-corrected chi connectivity index (χ2v) is 4.87. The summed E-state index contributed by atoms with van der Waals surface area (Å²) in [4.78, 5) is 13.3. The van der Waals surface area contributed by atoms with Gasteiger partial charge in [0.05, 0.1) is 12.7 Å². The Balaban J connectivity index is 2.48. The van der Waals surface area contributed by atoms with E-state index in [2.05, 4.69) is 0 Å². The molecule has 1 rings (SSSR count). The second-order valence-electron chi connectivity index (χ2n) is 4.87. The number of aliphatic hydroxyl groups is 1. The average molecular weight is 281 g/mol. The van der Waals surface area contributed by atoms with Crippen molar-refractivity contribution in [2.45, 2.75) is 20.0 Å². The number of benzene rings is 1. The molecule has 20 heavy (non-hydrogen) atoms. The smallest absolute Gasteiger partial charge is 0.260 e. The SMILES string of the molecule is COCC(O)CN(C)C(=O)COc1cccc(C)c1C. The van der Waals surface area contributed by atoms with Crippen LogP contribution in [0.5, 0.6) is 5.75 Å². The minimum Gasteiger partial charge on any atom is -0.483 e. The first-order valence-electron chi connectivity index (χ1n) is 6.55. The fraction of sp³-hybridized carbons (Fsp3) is 0.533. The van der Waals surface area contributed by atoms with Crippen LogP contribution in [0.4, 0.5) is 0 Å². The highest BCUT2D eigenvalue weighted by Gasteiger charge is 2.14. The quantitative estimate of drug-likeness (QED) is 0.814. The highest BCUT2D eigenvalue weighted by atomic mass is 16.5. The molecule has 0 bridgehead atoms. The zero-order chi connectivity index (χ0) is 15.1. The Labute approximate surface area is 120 Å². The van der Waals surface area contributed by atoms with Crippen LogP contribution in [0.2, 0.25) is 0 Å². The van der Waals surface area contributed by atoms with E-state index in [9.17, 15) is 9.90 Å². The van der Waals surface area contributed by atoms with Gasteiger partial charge in [-0.15, -0.1) is 0 Å². The summed E-state index contributed by atoms with van der Waals surface area (Å²) >= 11 is 0. The summed E-state index contributed by atoms with van der Waals surface area (Å²) in [5, 5.41) is 9.57. The van der Waals surface area contributed by atoms with Gasteiger partial charge in [-0.2, -0.15) is 0 Å². The lowest BCUT2D eigenvalue weighted by atomic mass is 10.1. The molecule has 0 aliphatic rings. The molecule has 1 aromatic rings. The van der Waals surface area contributed by atoms with Gasteiger partial charge in [-0.05, 0) is 31.0 Å². The van der Waals surface area contributed by atoms with E-state index in [-0.39, 0.29) is 25.7 Å². The van der Waals surface area contributed by atoms with Gasteiger partial charge in [0, 0.05) is 20.7 Å². The molecule has 5 heteroatoms. The number of ether oxygens (including phenoxy) is 2. The van der Waals surface area contributed by atoms with Gasteiger partial charge in [-0.25, -0.2) is 0 Å². The lowest BCUT2D eigenvalue weighted by Crippen LogP contribution is -2.38. The van der Waals surface area contributed by atoms with Crippen molar-refractivity contribution in [3.05, 3.63) is 29.3 Å². The molecule has 0 aliphatic carbocycles. The maximum atomic E-state index is 11.9. The molecule has 1 N–H and O–H groups in total. The molecule has 1 unspecified atom stereocenters. The molecular formula is C15H23NO4. The van der Waals surface area contributed by atoms with Gasteiger partial charge in [0.2, 0.25) is 0 Å². The Kier molecular flexibility index (Phi) is 6.48. The first-order chi connectivity index (χ1) is 9.45. The first-order valence-corrected chi connectivity index (χ1v) is 6.55. The molecule has 0 aromatic heterocycles. The fourth-order valence-electron chi connectivity index (χ4n) is 1.79. The van der Waals surface area contributed by atoms with Crippen LogP contribution in [0.1, 0.15) is 11.1 Å². The molecule has 1 amide bonds. The summed E-state index contributed by atoms with van der Waals surface area (Å²) in [7, 11) is 3.14. The predicted octanol–water partition coefficient (Wildman–Crippen LogP) is 1.15. The normalized spacial score (nSPS) is 12.1. The molecule has 0 spiro atoms. The summed E-state index contributed by atoms with van der Waals surface area (Å²) < 4.78 is 10.4. The summed E-state index contributed by atoms with van der Waals surface area (Å²) in [5.41, 5.74) is 2.15. The molecule has 0 radical (unpaired) electrons. The van der Waals surface area contributed by atoms with E-state index in [0.29, 0.717) is 5.75 Å². The van der Waals surface area contributed by atoms with Gasteiger partial charge in [0.1, 0.15) is 5.75 Å². The molecule has 0 fully saturated rings. The largest absolute Gasteiger partial charge is 0.483 e. The third kappa shape index (κ3) is 4.83. The van der Waals surface area contributed by atoms with E-state index < -0.39 is 6.10 Å². The Morgan fingerprint density at radius 3 is 2.75 bits per heavy atom. The molecule has 1 aromatic carbocycles. The number of carbonyl (C=O) groups excluding carboxylic acids is 1. The zero-order valence-electron chi connectivity index (χ0n) is 12.5. The molecule has 0 saturated heterocycles. The van der Waals surface area contributed by atoms with Gasteiger partial charge in [0.25, 0.3) is 5.91 Å². The van der Waals surface area contributed by atoms with Crippen molar-refractivity contribution in [2.75, 3.05) is 33.9 Å². The van der Waals surface area contributed by atoms with Crippen molar-refractivity contribution in [1.29, 1.82) is 0 Å². The van der Waals surface area contributed by atoms with E-state index in [4.69, 9.17) is 9.47 Å². The third-order valence-electron chi connectivity index (χ3n) is 3.18. The topological polar surface area (TPSA) is 59.0 Å². The summed E-state index contributed by atoms with van der Waals surface area (Å²) in [5.74, 6) is 0.533. The number of rotatable bonds is 7. The molecule has 0 heterocycles. The summed E-state index contributed by atoms with van der Waals surface area (Å²) in [6, 6.07) is 5.74. The molecule has 0 aliphatic heterocycles. The lowest BCUT2D eigenvalue weighted by molar-refractivity contribution is -0.133. The Morgan fingerprint density at radius 1 is 1.40 bits per heavy atom. The monoisotopic (exact) mass is 281 g/mol. The van der Waals surface area contributed by atoms with Crippen LogP contribution in [0.3, 0.4) is 0 Å². The van der Waals surface area contributed by atoms with E-state index in [0.717, 1.165) is 11.1 Å². The van der Waals surface area contributed by atoms with Crippen LogP contribution in [0.15, 0.2) is 18.2 Å². The molecule has 1 atom stereocenters. The van der Waals surface area contributed by atoms with Gasteiger partial charge < -0.3 is 19.5 Å². The van der Waals surface area contributed by atoms with E-state index in [1.54, 1.807) is 7.05 Å². The van der Waals surface area contributed by atoms with Crippen molar-refractivity contribution < 1.29 is 19.4 Å². The predicted molar refractivity (Wildman–Crippen MR) is 76.9 cm³/mol. The van der Waals surface area contributed by atoms with Crippen LogP contribution in [0, 0.1) is 13.8 Å². The Morgan fingerprint density at radius 2 is 2.10 bits per heavy atom. The van der Waals surface area contributed by atoms with Crippen molar-refractivity contribution in [3.63, 3.8) is 0 Å². The minimum absolute atomic E-state index is 0.0412. The fourth-order valence-corrected chi connectivity index (χ4v) is 1.79. The van der Waals surface area contributed by atoms with E-state index in [1.807, 2.05) is 32.0 Å². The Hall–Kier alpha value is -1.59. The van der Waals surface area contributed by atoms with Crippen LogP contribution < -0.4 is 4.74 Å². The summed E-state index contributed by atoms with van der Waals surface area (Å²) in [6.45, 7) is 4.34. The van der Waals surface area contributed by atoms with Gasteiger partial charge in [-0.1, -0.05) is 12.1 Å². The standard InChI is InChI=1S/C15H23NO4/c1-11-6-5-7-14(12(11)2)20-10-15(18)16(3)8-13(17)9-19-4/h5-7,13,17H,8-10H2,1-4H3. The van der Waals surface area contributed by atoms with Crippen molar-refractivity contribution in [3.8, 4) is 5.75 Å². The minimum atomic E-state index is -0.686. The molecule has 112 valence electrons. The number of aryl methyl sites for hydroxylation is 1. The lowest BCUT2D eigenvalue weighted by Gasteiger charge is -2.21. The number of hydrogen-bond donors (Lipinski definition) is 1. The third-order valence-corrected chi connectivity index (χ3v) is 3.18. The zero-order valence-corrected chi connectivity index (χ0v) is 12.5. The van der Waals surface area contributed by atoms with Crippen molar-refractivity contribution >= 4 is 5.91 Å². The van der Waals surface area contributed by atoms with E-state index in [1.165, 1.54) is 12.0 Å². The van der Waals surface area contributed by atoms with Crippen molar-refractivity contribution in [1.82, 2.24) is 4.90 Å². The maximum Gasteiger partial charge on any atom is 0.260 e. The number of amides is 1. The summed E-state index contributed by atoms with van der Waals surface area (Å²) in [6.07, 6.45) is -0.686. The van der Waals surface area contributed by atoms with Crippen LogP contribution in [-0.2, 0) is 9.53 Å². The first kappa shape index (κ1) is 16.5. The van der Waals surface area contributed by atoms with Crippen LogP contribution >= 0.6 is 0 Å². The van der Waals surface area contributed by atoms with Crippen LogP contribution in [0.25, 0.3) is 0 Å². The Bertz CT molecular complexity index is 447. The molecular weight excluding hydrogens is 258 g/mol. The van der Waals surface area contributed by atoms with Gasteiger partial charge >= 0.3 is 0 Å². The highest BCUT2D eigenvalue weighted by Crippen LogP contribution is 2.20. The number of aliphatic hydroxyl groups excluding tert-OH is 1. The van der Waals surface area contributed by atoms with Gasteiger partial charge in [-0.3, -0.25) is 4.79 Å². The molecule has 0 saturated carbocycles. The highest BCUT2D eigenvalue weighted by molar-refractivity contribution is 5.77. The van der Waals surface area contributed by atoms with Crippen molar-refractivity contribution in [2.24, 2.45) is 0 Å².